The molecule has 1 aliphatic rings. The zero-order valence-corrected chi connectivity index (χ0v) is 17.7. The molecule has 1 aromatic heterocycles. The molecule has 0 aliphatic carbocycles. The number of carbonyl (C=O) groups is 1. The van der Waals surface area contributed by atoms with E-state index in [-0.39, 0.29) is 18.8 Å². The third kappa shape index (κ3) is 3.93. The van der Waals surface area contributed by atoms with Gasteiger partial charge in [-0.15, -0.1) is 0 Å². The monoisotopic (exact) mass is 461 g/mol. The Bertz CT molecular complexity index is 1300. The Hall–Kier alpha value is -3.40. The van der Waals surface area contributed by atoms with Crippen molar-refractivity contribution in [3.8, 4) is 0 Å². The van der Waals surface area contributed by atoms with Crippen LogP contribution in [-0.4, -0.2) is 31.6 Å². The number of hydrogen-bond donors (Lipinski definition) is 1. The second-order valence-corrected chi connectivity index (χ2v) is 9.46. The van der Waals surface area contributed by atoms with Crippen LogP contribution >= 0.6 is 0 Å². The lowest BCUT2D eigenvalue weighted by molar-refractivity contribution is 0.101. The summed E-state index contributed by atoms with van der Waals surface area (Å²) in [5.74, 6) is -6.81. The average Bonchev–Trinajstić information content (AvgIpc) is 2.75. The van der Waals surface area contributed by atoms with Crippen LogP contribution in [0.1, 0.15) is 21.5 Å². The molecule has 2 heterocycles. The van der Waals surface area contributed by atoms with E-state index in [0.29, 0.717) is 5.56 Å². The topological polar surface area (TPSA) is 79.4 Å². The molecule has 0 saturated carbocycles. The van der Waals surface area contributed by atoms with Crippen LogP contribution in [0.3, 0.4) is 0 Å². The quantitative estimate of drug-likeness (QED) is 0.597. The Balaban J connectivity index is 1.83. The molecule has 2 aromatic carbocycles. The number of rotatable bonds is 4. The first-order chi connectivity index (χ1) is 15.2. The average molecular weight is 461 g/mol. The smallest absolute Gasteiger partial charge is 0.261 e. The number of carbonyl (C=O) groups excluding carboxylic acids is 1. The van der Waals surface area contributed by atoms with Gasteiger partial charge < -0.3 is 10.2 Å². The summed E-state index contributed by atoms with van der Waals surface area (Å²) in [4.78, 5) is 16.8. The van der Waals surface area contributed by atoms with Crippen LogP contribution in [0.15, 0.2) is 53.7 Å². The fourth-order valence-electron chi connectivity index (χ4n) is 3.54. The highest BCUT2D eigenvalue weighted by Gasteiger charge is 2.40. The summed E-state index contributed by atoms with van der Waals surface area (Å²) in [6.45, 7) is 1.66. The molecule has 1 amide bonds. The van der Waals surface area contributed by atoms with Crippen molar-refractivity contribution in [2.24, 2.45) is 0 Å². The van der Waals surface area contributed by atoms with E-state index in [2.05, 4.69) is 10.3 Å². The number of amides is 1. The van der Waals surface area contributed by atoms with Crippen LogP contribution < -0.4 is 10.2 Å². The van der Waals surface area contributed by atoms with Crippen LogP contribution in [0.5, 0.6) is 0 Å². The van der Waals surface area contributed by atoms with E-state index < -0.39 is 55.1 Å². The molecule has 6 nitrogen and oxygen atoms in total. The van der Waals surface area contributed by atoms with Crippen molar-refractivity contribution in [1.29, 1.82) is 0 Å². The van der Waals surface area contributed by atoms with E-state index in [1.54, 1.807) is 24.3 Å². The van der Waals surface area contributed by atoms with Gasteiger partial charge in [-0.3, -0.25) is 9.78 Å². The van der Waals surface area contributed by atoms with Gasteiger partial charge in [0.2, 0.25) is 0 Å². The largest absolute Gasteiger partial charge is 0.363 e. The number of aromatic nitrogens is 1. The summed E-state index contributed by atoms with van der Waals surface area (Å²) in [5.41, 5.74) is -0.0930. The number of benzene rings is 2. The first-order valence-corrected chi connectivity index (χ1v) is 11.3. The van der Waals surface area contributed by atoms with Crippen molar-refractivity contribution in [2.45, 2.75) is 18.4 Å². The van der Waals surface area contributed by atoms with Gasteiger partial charge in [-0.25, -0.2) is 21.6 Å². The lowest BCUT2D eigenvalue weighted by atomic mass is 10.1. The molecule has 10 heteroatoms. The number of fused-ring (bicyclic) bond motifs is 1. The fraction of sp³-hybridized carbons (Fsp3) is 0.182. The van der Waals surface area contributed by atoms with Gasteiger partial charge in [0.1, 0.15) is 10.5 Å². The zero-order chi connectivity index (χ0) is 23.0. The van der Waals surface area contributed by atoms with Crippen LogP contribution in [0.4, 0.5) is 24.5 Å². The van der Waals surface area contributed by atoms with Gasteiger partial charge in [0.15, 0.2) is 27.3 Å². The molecule has 0 saturated heterocycles. The second-order valence-electron chi connectivity index (χ2n) is 7.42. The van der Waals surface area contributed by atoms with Crippen LogP contribution in [0, 0.1) is 24.4 Å². The first-order valence-electron chi connectivity index (χ1n) is 9.64. The number of halogens is 3. The van der Waals surface area contributed by atoms with E-state index in [1.165, 1.54) is 29.4 Å². The molecule has 3 aromatic rings. The normalized spacial score (nSPS) is 14.7. The number of nitrogens with one attached hydrogen (secondary N) is 1. The van der Waals surface area contributed by atoms with Gasteiger partial charge in [-0.1, -0.05) is 23.8 Å². The van der Waals surface area contributed by atoms with Crippen LogP contribution in [-0.2, 0) is 16.4 Å². The molecule has 0 bridgehead atoms. The first kappa shape index (κ1) is 21.8. The summed E-state index contributed by atoms with van der Waals surface area (Å²) in [5, 5.41) is 2.32. The SMILES string of the molecule is Cc1ccc(NC(=O)c2c(F)c(F)c3c(c2F)N(Cc2cccnc2)CCS3(=O)=O)cc1. The molecular formula is C22H18F3N3O3S. The van der Waals surface area contributed by atoms with Crippen LogP contribution in [0.2, 0.25) is 0 Å². The third-order valence-corrected chi connectivity index (χ3v) is 6.86. The molecule has 0 fully saturated rings. The van der Waals surface area contributed by atoms with E-state index >= 15 is 4.39 Å². The maximum Gasteiger partial charge on any atom is 0.261 e. The molecule has 0 unspecified atom stereocenters. The van der Waals surface area contributed by atoms with Gasteiger partial charge in [-0.2, -0.15) is 0 Å². The van der Waals surface area contributed by atoms with E-state index in [4.69, 9.17) is 0 Å². The van der Waals surface area contributed by atoms with Gasteiger partial charge in [0, 0.05) is 31.2 Å². The molecule has 0 radical (unpaired) electrons. The van der Waals surface area contributed by atoms with E-state index in [9.17, 15) is 22.0 Å². The summed E-state index contributed by atoms with van der Waals surface area (Å²) >= 11 is 0. The minimum atomic E-state index is -4.29. The second kappa shape index (κ2) is 8.27. The minimum Gasteiger partial charge on any atom is -0.363 e. The summed E-state index contributed by atoms with van der Waals surface area (Å²) in [6.07, 6.45) is 3.02. The fourth-order valence-corrected chi connectivity index (χ4v) is 5.08. The van der Waals surface area contributed by atoms with E-state index in [1.807, 2.05) is 6.92 Å². The molecule has 166 valence electrons. The maximum absolute atomic E-state index is 15.5. The number of anilines is 2. The molecule has 0 atom stereocenters. The number of sulfone groups is 1. The minimum absolute atomic E-state index is 0.00261. The number of aryl methyl sites for hydroxylation is 1. The lowest BCUT2D eigenvalue weighted by Gasteiger charge is -2.32. The van der Waals surface area contributed by atoms with Crippen molar-refractivity contribution < 1.29 is 26.4 Å². The van der Waals surface area contributed by atoms with Gasteiger partial charge in [0.25, 0.3) is 5.91 Å². The number of nitrogens with zero attached hydrogens (tertiary/aromatic N) is 2. The third-order valence-electron chi connectivity index (χ3n) is 5.14. The summed E-state index contributed by atoms with van der Waals surface area (Å²) in [6, 6.07) is 9.72. The zero-order valence-electron chi connectivity index (χ0n) is 16.9. The predicted molar refractivity (Wildman–Crippen MR) is 113 cm³/mol. The Morgan fingerprint density at radius 3 is 2.47 bits per heavy atom. The summed E-state index contributed by atoms with van der Waals surface area (Å²) < 4.78 is 70.2. The van der Waals surface area contributed by atoms with Gasteiger partial charge >= 0.3 is 0 Å². The standard InChI is InChI=1S/C22H18F3N3O3S/c1-13-4-6-15(7-5-13)27-22(29)16-17(23)19(25)21-20(18(16)24)28(9-10-32(21,30)31)12-14-3-2-8-26-11-14/h2-8,11H,9-10,12H2,1H3,(H,27,29). The lowest BCUT2D eigenvalue weighted by Crippen LogP contribution is -2.37. The highest BCUT2D eigenvalue weighted by atomic mass is 32.2. The Morgan fingerprint density at radius 2 is 1.81 bits per heavy atom. The molecule has 1 N–H and O–H groups in total. The predicted octanol–water partition coefficient (Wildman–Crippen LogP) is 3.85. The molecule has 4 rings (SSSR count). The van der Waals surface area contributed by atoms with Gasteiger partial charge in [-0.05, 0) is 30.7 Å². The number of pyridine rings is 1. The molecular weight excluding hydrogens is 443 g/mol. The summed E-state index contributed by atoms with van der Waals surface area (Å²) in [7, 11) is -4.29. The van der Waals surface area contributed by atoms with Crippen molar-refractivity contribution in [1.82, 2.24) is 4.98 Å². The Labute approximate surface area is 182 Å². The van der Waals surface area contributed by atoms with E-state index in [0.717, 1.165) is 5.56 Å². The van der Waals surface area contributed by atoms with Crippen molar-refractivity contribution in [3.05, 3.63) is 82.9 Å². The molecule has 32 heavy (non-hydrogen) atoms. The highest BCUT2D eigenvalue weighted by molar-refractivity contribution is 7.91. The van der Waals surface area contributed by atoms with Crippen LogP contribution in [0.25, 0.3) is 0 Å². The van der Waals surface area contributed by atoms with Gasteiger partial charge in [0.05, 0.1) is 11.4 Å². The molecule has 1 aliphatic heterocycles. The highest BCUT2D eigenvalue weighted by Crippen LogP contribution is 2.39. The Kier molecular flexibility index (Phi) is 5.64. The van der Waals surface area contributed by atoms with Crippen molar-refractivity contribution in [2.75, 3.05) is 22.5 Å². The van der Waals surface area contributed by atoms with Crippen molar-refractivity contribution >= 4 is 27.1 Å². The number of hydrogen-bond acceptors (Lipinski definition) is 5. The Morgan fingerprint density at radius 1 is 1.09 bits per heavy atom. The van der Waals surface area contributed by atoms with Crippen molar-refractivity contribution in [3.63, 3.8) is 0 Å². The maximum atomic E-state index is 15.5. The molecule has 0 spiro atoms.